The van der Waals surface area contributed by atoms with E-state index < -0.39 is 67.5 Å². The average molecular weight is 420 g/mol. The van der Waals surface area contributed by atoms with Crippen LogP contribution in [0.1, 0.15) is 12.8 Å². The molecule has 0 aromatic rings. The van der Waals surface area contributed by atoms with E-state index in [9.17, 15) is 56.4 Å². The molecular formula is C8H8O14S2Si. The minimum atomic E-state index is -4.94. The maximum Gasteiger partial charge on any atom is 4.00 e. The van der Waals surface area contributed by atoms with Gasteiger partial charge in [-0.1, -0.05) is 0 Å². The van der Waals surface area contributed by atoms with Crippen molar-refractivity contribution in [3.8, 4) is 0 Å². The Bertz CT molecular complexity index is 645. The largest absolute Gasteiger partial charge is 4.00 e. The number of hydrogen-bond donors (Lipinski definition) is 2. The van der Waals surface area contributed by atoms with Crippen LogP contribution in [0.25, 0.3) is 0 Å². The van der Waals surface area contributed by atoms with Gasteiger partial charge < -0.3 is 39.6 Å². The summed E-state index contributed by atoms with van der Waals surface area (Å²) in [5.41, 5.74) is 0. The molecule has 14 nitrogen and oxygen atoms in total. The van der Waals surface area contributed by atoms with Gasteiger partial charge in [-0.3, -0.25) is 9.11 Å². The smallest absolute Gasteiger partial charge is 0.550 e. The van der Waals surface area contributed by atoms with Crippen LogP contribution in [0, 0.1) is 0 Å². The first-order chi connectivity index (χ1) is 10.5. The molecule has 0 spiro atoms. The van der Waals surface area contributed by atoms with Gasteiger partial charge in [-0.05, 0) is 0 Å². The maximum absolute atomic E-state index is 10.2. The summed E-state index contributed by atoms with van der Waals surface area (Å²) < 4.78 is 56.9. The molecule has 0 amide bonds. The van der Waals surface area contributed by atoms with Gasteiger partial charge in [-0.25, -0.2) is 0 Å². The van der Waals surface area contributed by atoms with Gasteiger partial charge in [0, 0.05) is 24.8 Å². The zero-order valence-corrected chi connectivity index (χ0v) is 14.3. The molecule has 2 unspecified atom stereocenters. The molecule has 0 fully saturated rings. The first kappa shape index (κ1) is 27.8. The summed E-state index contributed by atoms with van der Waals surface area (Å²) in [5.74, 6) is -8.16. The molecule has 17 heteroatoms. The SMILES string of the molecule is O=C([O-])CC(C(=O)[O-])S(=O)(=O)O.O=C([O-])CC(C(=O)[O-])S(=O)(=O)O.[Si+4]. The van der Waals surface area contributed by atoms with Gasteiger partial charge in [-0.15, -0.1) is 0 Å². The van der Waals surface area contributed by atoms with Crippen LogP contribution in [0.2, 0.25) is 0 Å². The van der Waals surface area contributed by atoms with Crippen LogP contribution >= 0.6 is 0 Å². The molecule has 0 aromatic heterocycles. The van der Waals surface area contributed by atoms with E-state index in [1.54, 1.807) is 0 Å². The molecule has 0 bridgehead atoms. The standard InChI is InChI=1S/2C4H6O7S.Si/c2*5-3(6)1-2(4(7)8)12(9,10)11;/h2*2H,1H2,(H,5,6)(H,7,8)(H,9,10,11);/q;;+4/p-4. The predicted molar refractivity (Wildman–Crippen MR) is 65.7 cm³/mol. The Morgan fingerprint density at radius 3 is 0.920 bits per heavy atom. The number of aliphatic carboxylic acids is 4. The van der Waals surface area contributed by atoms with Crippen molar-refractivity contribution >= 4 is 55.1 Å². The van der Waals surface area contributed by atoms with Crippen LogP contribution in [-0.4, -0.2) is 71.3 Å². The van der Waals surface area contributed by atoms with Crippen LogP contribution in [0.4, 0.5) is 0 Å². The third-order valence-corrected chi connectivity index (χ3v) is 4.11. The molecule has 0 aliphatic carbocycles. The first-order valence-electron chi connectivity index (χ1n) is 5.24. The molecule has 2 N–H and O–H groups in total. The van der Waals surface area contributed by atoms with Crippen LogP contribution in [-0.2, 0) is 39.4 Å². The van der Waals surface area contributed by atoms with Gasteiger partial charge in [0.15, 0.2) is 0 Å². The van der Waals surface area contributed by atoms with Crippen molar-refractivity contribution in [3.05, 3.63) is 0 Å². The summed E-state index contributed by atoms with van der Waals surface area (Å²) in [4.78, 5) is 39.4. The van der Waals surface area contributed by atoms with Crippen LogP contribution in [0.3, 0.4) is 0 Å². The minimum absolute atomic E-state index is 0. The normalized spacial score (nSPS) is 13.2. The van der Waals surface area contributed by atoms with Crippen LogP contribution < -0.4 is 20.4 Å². The third-order valence-electron chi connectivity index (χ3n) is 1.95. The van der Waals surface area contributed by atoms with E-state index in [-0.39, 0.29) is 11.0 Å². The predicted octanol–water partition coefficient (Wildman–Crippen LogP) is -8.12. The van der Waals surface area contributed by atoms with E-state index in [0.29, 0.717) is 0 Å². The molecule has 0 aliphatic rings. The zero-order chi connectivity index (χ0) is 19.9. The summed E-state index contributed by atoms with van der Waals surface area (Å²) in [6.07, 6.45) is -2.66. The van der Waals surface area contributed by atoms with Gasteiger partial charge in [0.25, 0.3) is 20.2 Å². The first-order valence-corrected chi connectivity index (χ1v) is 8.24. The van der Waals surface area contributed by atoms with E-state index in [2.05, 4.69) is 0 Å². The van der Waals surface area contributed by atoms with E-state index >= 15 is 0 Å². The molecule has 0 saturated heterocycles. The number of hydrogen-bond acceptors (Lipinski definition) is 12. The fraction of sp³-hybridized carbons (Fsp3) is 0.500. The number of carbonyl (C=O) groups excluding carboxylic acids is 4. The molecule has 0 radical (unpaired) electrons. The van der Waals surface area contributed by atoms with Crippen LogP contribution in [0.5, 0.6) is 0 Å². The van der Waals surface area contributed by atoms with Crippen molar-refractivity contribution in [3.63, 3.8) is 0 Å². The third kappa shape index (κ3) is 12.9. The summed E-state index contributed by atoms with van der Waals surface area (Å²) in [5, 5.41) is 34.5. The monoisotopic (exact) mass is 420 g/mol. The summed E-state index contributed by atoms with van der Waals surface area (Å²) >= 11 is 0. The molecule has 0 saturated carbocycles. The Morgan fingerprint density at radius 2 is 0.880 bits per heavy atom. The number of carbonyl (C=O) groups is 4. The fourth-order valence-electron chi connectivity index (χ4n) is 0.923. The second kappa shape index (κ2) is 10.7. The van der Waals surface area contributed by atoms with Crippen molar-refractivity contribution in [1.82, 2.24) is 0 Å². The van der Waals surface area contributed by atoms with Crippen molar-refractivity contribution in [2.24, 2.45) is 0 Å². The van der Waals surface area contributed by atoms with Gasteiger partial charge in [0.05, 0.1) is 11.9 Å². The Balaban J connectivity index is -0.000000372. The van der Waals surface area contributed by atoms with E-state index in [1.807, 2.05) is 0 Å². The van der Waals surface area contributed by atoms with Crippen LogP contribution in [0.15, 0.2) is 0 Å². The fourth-order valence-corrected chi connectivity index (χ4v) is 2.10. The molecule has 0 aliphatic heterocycles. The Kier molecular flexibility index (Phi) is 11.9. The number of carboxylic acid groups (broad SMARTS) is 4. The Morgan fingerprint density at radius 1 is 0.680 bits per heavy atom. The molecule has 140 valence electrons. The second-order valence-electron chi connectivity index (χ2n) is 3.80. The molecular weight excluding hydrogens is 412 g/mol. The van der Waals surface area contributed by atoms with Gasteiger partial charge in [0.1, 0.15) is 10.5 Å². The quantitative estimate of drug-likeness (QED) is 0.272. The molecule has 25 heavy (non-hydrogen) atoms. The Labute approximate surface area is 144 Å². The summed E-state index contributed by atoms with van der Waals surface area (Å²) in [6, 6.07) is 0. The Hall–Kier alpha value is -2.08. The van der Waals surface area contributed by atoms with Crippen molar-refractivity contribution in [2.45, 2.75) is 23.3 Å². The van der Waals surface area contributed by atoms with E-state index in [4.69, 9.17) is 9.11 Å². The maximum atomic E-state index is 10.2. The van der Waals surface area contributed by atoms with Crippen molar-refractivity contribution in [1.29, 1.82) is 0 Å². The zero-order valence-electron chi connectivity index (χ0n) is 11.7. The average Bonchev–Trinajstić information content (AvgIpc) is 2.30. The minimum Gasteiger partial charge on any atom is -0.550 e. The molecule has 2 atom stereocenters. The molecule has 0 rings (SSSR count). The number of rotatable bonds is 8. The second-order valence-corrected chi connectivity index (χ2v) is 7.00. The molecule has 0 heterocycles. The van der Waals surface area contributed by atoms with Crippen molar-refractivity contribution < 1.29 is 65.5 Å². The van der Waals surface area contributed by atoms with E-state index in [0.717, 1.165) is 0 Å². The van der Waals surface area contributed by atoms with Gasteiger partial charge >= 0.3 is 11.0 Å². The summed E-state index contributed by atoms with van der Waals surface area (Å²) in [7, 11) is -9.88. The van der Waals surface area contributed by atoms with Crippen molar-refractivity contribution in [2.75, 3.05) is 0 Å². The number of carboxylic acids is 4. The van der Waals surface area contributed by atoms with Gasteiger partial charge in [0.2, 0.25) is 0 Å². The molecule has 0 aromatic carbocycles. The van der Waals surface area contributed by atoms with Gasteiger partial charge in [-0.2, -0.15) is 16.8 Å². The topological polar surface area (TPSA) is 269 Å². The summed E-state index contributed by atoms with van der Waals surface area (Å²) in [6.45, 7) is 0. The van der Waals surface area contributed by atoms with E-state index in [1.165, 1.54) is 0 Å².